The van der Waals surface area contributed by atoms with Crippen LogP contribution in [0.4, 0.5) is 0 Å². The first-order chi connectivity index (χ1) is 14.6. The van der Waals surface area contributed by atoms with E-state index < -0.39 is 11.9 Å². The summed E-state index contributed by atoms with van der Waals surface area (Å²) in [4.78, 5) is 11.3. The van der Waals surface area contributed by atoms with Crippen molar-refractivity contribution in [3.63, 3.8) is 0 Å². The Balaban J connectivity index is 1.62. The second-order valence-corrected chi connectivity index (χ2v) is 8.62. The zero-order valence-electron chi connectivity index (χ0n) is 17.6. The van der Waals surface area contributed by atoms with Gasteiger partial charge in [0.1, 0.15) is 5.75 Å². The second-order valence-electron chi connectivity index (χ2n) is 8.62. The molecule has 0 aromatic heterocycles. The third-order valence-electron chi connectivity index (χ3n) is 6.33. The third kappa shape index (κ3) is 4.84. The van der Waals surface area contributed by atoms with Gasteiger partial charge in [-0.05, 0) is 58.9 Å². The standard InChI is InChI=1S/C27H30O3/c1-19(27(28)29)16-21-10-13-26(30-15-14-20-6-2-3-7-20)25(17-21)24-12-11-22-8-4-5-9-23(22)18-24/h4-5,8-13,17-20H,2-3,6-7,14-16H2,1H3,(H,28,29). The van der Waals surface area contributed by atoms with E-state index in [-0.39, 0.29) is 0 Å². The molecule has 0 heterocycles. The Hall–Kier alpha value is -2.81. The molecular formula is C27H30O3. The molecule has 1 N–H and O–H groups in total. The highest BCUT2D eigenvalue weighted by molar-refractivity contribution is 5.88. The molecular weight excluding hydrogens is 372 g/mol. The van der Waals surface area contributed by atoms with Gasteiger partial charge in [-0.3, -0.25) is 4.79 Å². The van der Waals surface area contributed by atoms with E-state index in [1.54, 1.807) is 6.92 Å². The van der Waals surface area contributed by atoms with Gasteiger partial charge in [-0.1, -0.05) is 75.1 Å². The maximum absolute atomic E-state index is 11.3. The molecule has 0 spiro atoms. The molecule has 1 saturated carbocycles. The normalized spacial score (nSPS) is 15.4. The lowest BCUT2D eigenvalue weighted by Gasteiger charge is -2.16. The number of carbonyl (C=O) groups is 1. The van der Waals surface area contributed by atoms with Gasteiger partial charge in [0.15, 0.2) is 0 Å². The van der Waals surface area contributed by atoms with Crippen molar-refractivity contribution in [2.45, 2.75) is 45.4 Å². The number of ether oxygens (including phenoxy) is 1. The summed E-state index contributed by atoms with van der Waals surface area (Å²) in [6, 6.07) is 20.9. The fourth-order valence-corrected chi connectivity index (χ4v) is 4.49. The highest BCUT2D eigenvalue weighted by Crippen LogP contribution is 2.34. The number of rotatable bonds is 8. The van der Waals surface area contributed by atoms with Crippen molar-refractivity contribution >= 4 is 16.7 Å². The molecule has 4 rings (SSSR count). The predicted octanol–water partition coefficient (Wildman–Crippen LogP) is 6.73. The summed E-state index contributed by atoms with van der Waals surface area (Å²) in [5.41, 5.74) is 3.17. The molecule has 0 bridgehead atoms. The first-order valence-electron chi connectivity index (χ1n) is 11.1. The maximum atomic E-state index is 11.3. The molecule has 3 nitrogen and oxygen atoms in total. The predicted molar refractivity (Wildman–Crippen MR) is 122 cm³/mol. The van der Waals surface area contributed by atoms with Crippen molar-refractivity contribution in [2.24, 2.45) is 11.8 Å². The van der Waals surface area contributed by atoms with E-state index in [0.29, 0.717) is 6.42 Å². The van der Waals surface area contributed by atoms with Gasteiger partial charge in [0.05, 0.1) is 12.5 Å². The number of benzene rings is 3. The summed E-state index contributed by atoms with van der Waals surface area (Å²) in [7, 11) is 0. The molecule has 30 heavy (non-hydrogen) atoms. The number of hydrogen-bond donors (Lipinski definition) is 1. The molecule has 3 aromatic carbocycles. The fraction of sp³-hybridized carbons (Fsp3) is 0.370. The first kappa shape index (κ1) is 20.5. The third-order valence-corrected chi connectivity index (χ3v) is 6.33. The molecule has 1 unspecified atom stereocenters. The molecule has 1 atom stereocenters. The summed E-state index contributed by atoms with van der Waals surface area (Å²) in [6.07, 6.45) is 6.97. The highest BCUT2D eigenvalue weighted by Gasteiger charge is 2.17. The summed E-state index contributed by atoms with van der Waals surface area (Å²) in [5.74, 6) is 0.502. The van der Waals surface area contributed by atoms with Gasteiger partial charge in [0.2, 0.25) is 0 Å². The number of fused-ring (bicyclic) bond motifs is 1. The van der Waals surface area contributed by atoms with Crippen LogP contribution in [-0.2, 0) is 11.2 Å². The Morgan fingerprint density at radius 1 is 1.03 bits per heavy atom. The number of carboxylic acids is 1. The van der Waals surface area contributed by atoms with Gasteiger partial charge >= 0.3 is 5.97 Å². The van der Waals surface area contributed by atoms with Crippen molar-refractivity contribution in [1.29, 1.82) is 0 Å². The molecule has 1 aliphatic rings. The zero-order chi connectivity index (χ0) is 20.9. The van der Waals surface area contributed by atoms with Crippen LogP contribution in [0, 0.1) is 11.8 Å². The van der Waals surface area contributed by atoms with Crippen molar-refractivity contribution in [2.75, 3.05) is 6.61 Å². The van der Waals surface area contributed by atoms with Gasteiger partial charge in [0.25, 0.3) is 0 Å². The molecule has 1 aliphatic carbocycles. The number of carboxylic acid groups (broad SMARTS) is 1. The number of hydrogen-bond acceptors (Lipinski definition) is 2. The van der Waals surface area contributed by atoms with Crippen molar-refractivity contribution in [1.82, 2.24) is 0 Å². The van der Waals surface area contributed by atoms with Crippen LogP contribution in [0.2, 0.25) is 0 Å². The Morgan fingerprint density at radius 2 is 1.80 bits per heavy atom. The van der Waals surface area contributed by atoms with Crippen LogP contribution in [0.25, 0.3) is 21.9 Å². The Labute approximate surface area is 178 Å². The van der Waals surface area contributed by atoms with Gasteiger partial charge in [-0.15, -0.1) is 0 Å². The van der Waals surface area contributed by atoms with Gasteiger partial charge in [0, 0.05) is 5.56 Å². The van der Waals surface area contributed by atoms with Crippen LogP contribution in [0.1, 0.15) is 44.6 Å². The van der Waals surface area contributed by atoms with Gasteiger partial charge in [-0.25, -0.2) is 0 Å². The average molecular weight is 403 g/mol. The quantitative estimate of drug-likeness (QED) is 0.454. The average Bonchev–Trinajstić information content (AvgIpc) is 3.27. The van der Waals surface area contributed by atoms with E-state index in [4.69, 9.17) is 4.74 Å². The smallest absolute Gasteiger partial charge is 0.306 e. The minimum Gasteiger partial charge on any atom is -0.493 e. The molecule has 3 aromatic rings. The first-order valence-corrected chi connectivity index (χ1v) is 11.1. The summed E-state index contributed by atoms with van der Waals surface area (Å²) < 4.78 is 6.26. The minimum absolute atomic E-state index is 0.413. The van der Waals surface area contributed by atoms with Gasteiger partial charge in [-0.2, -0.15) is 0 Å². The van der Waals surface area contributed by atoms with Crippen LogP contribution < -0.4 is 4.74 Å². The van der Waals surface area contributed by atoms with Crippen LogP contribution in [0.3, 0.4) is 0 Å². The van der Waals surface area contributed by atoms with Crippen molar-refractivity contribution in [3.8, 4) is 16.9 Å². The summed E-state index contributed by atoms with van der Waals surface area (Å²) in [5, 5.41) is 11.7. The molecule has 0 aliphatic heterocycles. The lowest BCUT2D eigenvalue weighted by molar-refractivity contribution is -0.141. The van der Waals surface area contributed by atoms with E-state index in [9.17, 15) is 9.90 Å². The van der Waals surface area contributed by atoms with Crippen LogP contribution in [0.15, 0.2) is 60.7 Å². The Kier molecular flexibility index (Phi) is 6.37. The summed E-state index contributed by atoms with van der Waals surface area (Å²) in [6.45, 7) is 2.49. The Bertz CT molecular complexity index is 1020. The summed E-state index contributed by atoms with van der Waals surface area (Å²) >= 11 is 0. The molecule has 0 amide bonds. The molecule has 0 radical (unpaired) electrons. The molecule has 156 valence electrons. The highest BCUT2D eigenvalue weighted by atomic mass is 16.5. The van der Waals surface area contributed by atoms with Crippen molar-refractivity contribution < 1.29 is 14.6 Å². The zero-order valence-corrected chi connectivity index (χ0v) is 17.6. The number of aliphatic carboxylic acids is 1. The Morgan fingerprint density at radius 3 is 2.57 bits per heavy atom. The lowest BCUT2D eigenvalue weighted by atomic mass is 9.95. The van der Waals surface area contributed by atoms with E-state index in [0.717, 1.165) is 41.4 Å². The molecule has 1 fully saturated rings. The topological polar surface area (TPSA) is 46.5 Å². The van der Waals surface area contributed by atoms with Crippen LogP contribution >= 0.6 is 0 Å². The van der Waals surface area contributed by atoms with Gasteiger partial charge < -0.3 is 9.84 Å². The van der Waals surface area contributed by atoms with E-state index in [2.05, 4.69) is 42.5 Å². The van der Waals surface area contributed by atoms with E-state index >= 15 is 0 Å². The largest absolute Gasteiger partial charge is 0.493 e. The monoisotopic (exact) mass is 402 g/mol. The molecule has 0 saturated heterocycles. The maximum Gasteiger partial charge on any atom is 0.306 e. The SMILES string of the molecule is CC(Cc1ccc(OCCC2CCCC2)c(-c2ccc3ccccc3c2)c1)C(=O)O. The fourth-order valence-electron chi connectivity index (χ4n) is 4.49. The van der Waals surface area contributed by atoms with Crippen LogP contribution in [0.5, 0.6) is 5.75 Å². The lowest BCUT2D eigenvalue weighted by Crippen LogP contribution is -2.12. The minimum atomic E-state index is -0.765. The van der Waals surface area contributed by atoms with Crippen LogP contribution in [-0.4, -0.2) is 17.7 Å². The molecule has 3 heteroatoms. The van der Waals surface area contributed by atoms with E-state index in [1.807, 2.05) is 18.2 Å². The second kappa shape index (κ2) is 9.34. The van der Waals surface area contributed by atoms with E-state index in [1.165, 1.54) is 36.5 Å². The van der Waals surface area contributed by atoms with Crippen molar-refractivity contribution in [3.05, 3.63) is 66.2 Å².